The summed E-state index contributed by atoms with van der Waals surface area (Å²) in [6.45, 7) is 0. The Morgan fingerprint density at radius 3 is 2.23 bits per heavy atom. The van der Waals surface area contributed by atoms with Crippen LogP contribution in [-0.2, 0) is 19.2 Å². The molecule has 1 aromatic rings. The molecular weight excluding hydrogens is 326 g/mol. The van der Waals surface area contributed by atoms with Crippen LogP contribution in [0.25, 0.3) is 5.57 Å². The van der Waals surface area contributed by atoms with Gasteiger partial charge in [0.1, 0.15) is 5.71 Å². The lowest BCUT2D eigenvalue weighted by molar-refractivity contribution is -0.103. The number of nitrogens with zero attached hydrogens (tertiary/aromatic N) is 1. The van der Waals surface area contributed by atoms with E-state index in [2.05, 4.69) is 9.44 Å². The van der Waals surface area contributed by atoms with E-state index in [1.165, 1.54) is 0 Å². The van der Waals surface area contributed by atoms with Gasteiger partial charge in [0.25, 0.3) is 0 Å². The first kappa shape index (κ1) is 16.2. The van der Waals surface area contributed by atoms with E-state index >= 15 is 0 Å². The van der Waals surface area contributed by atoms with Crippen molar-refractivity contribution in [3.63, 3.8) is 0 Å². The van der Waals surface area contributed by atoms with Gasteiger partial charge < -0.3 is 0 Å². The number of hydrogen-bond acceptors (Lipinski definition) is 5. The van der Waals surface area contributed by atoms with E-state index in [4.69, 9.17) is 11.6 Å². The van der Waals surface area contributed by atoms with Crippen LogP contribution in [0.1, 0.15) is 5.56 Å². The Balaban J connectivity index is 2.28. The SMILES string of the molecule is CS(=O)(=O)ON=C1C=CC(=C(C=O)c2ccc(Cl)cc2)C=C1. The summed E-state index contributed by atoms with van der Waals surface area (Å²) in [5.74, 6) is 0. The quantitative estimate of drug-likeness (QED) is 0.481. The maximum Gasteiger partial charge on any atom is 0.325 e. The van der Waals surface area contributed by atoms with E-state index in [1.807, 2.05) is 0 Å². The zero-order valence-corrected chi connectivity index (χ0v) is 13.1. The predicted octanol–water partition coefficient (Wildman–Crippen LogP) is 2.75. The van der Waals surface area contributed by atoms with Crippen molar-refractivity contribution in [3.05, 3.63) is 64.7 Å². The van der Waals surface area contributed by atoms with Crippen LogP contribution in [0, 0.1) is 0 Å². The molecule has 0 spiro atoms. The molecule has 1 aromatic carbocycles. The standard InChI is InChI=1S/C15H12ClNO4S/c1-22(19,20)21-17-14-8-4-12(5-9-14)15(10-18)11-2-6-13(16)7-3-11/h2-10H,1H3. The highest BCUT2D eigenvalue weighted by atomic mass is 35.5. The summed E-state index contributed by atoms with van der Waals surface area (Å²) < 4.78 is 26.1. The van der Waals surface area contributed by atoms with Crippen LogP contribution in [0.4, 0.5) is 0 Å². The van der Waals surface area contributed by atoms with Crippen molar-refractivity contribution in [2.75, 3.05) is 6.26 Å². The lowest BCUT2D eigenvalue weighted by Gasteiger charge is -2.07. The number of carbonyl (C=O) groups is 1. The molecule has 1 aliphatic rings. The molecule has 0 saturated heterocycles. The fourth-order valence-electron chi connectivity index (χ4n) is 1.74. The molecule has 0 N–H and O–H groups in total. The number of oxime groups is 1. The van der Waals surface area contributed by atoms with Crippen molar-refractivity contribution in [3.8, 4) is 0 Å². The average molecular weight is 338 g/mol. The van der Waals surface area contributed by atoms with E-state index < -0.39 is 10.1 Å². The number of benzene rings is 1. The Morgan fingerprint density at radius 1 is 1.14 bits per heavy atom. The van der Waals surface area contributed by atoms with Gasteiger partial charge in [-0.2, -0.15) is 8.42 Å². The lowest BCUT2D eigenvalue weighted by atomic mass is 9.97. The van der Waals surface area contributed by atoms with Gasteiger partial charge in [0.05, 0.1) is 6.26 Å². The van der Waals surface area contributed by atoms with Crippen LogP contribution in [0.5, 0.6) is 0 Å². The van der Waals surface area contributed by atoms with Crippen molar-refractivity contribution in [1.82, 2.24) is 0 Å². The molecule has 0 radical (unpaired) electrons. The van der Waals surface area contributed by atoms with Crippen LogP contribution in [0.3, 0.4) is 0 Å². The highest BCUT2D eigenvalue weighted by Gasteiger charge is 2.08. The topological polar surface area (TPSA) is 72.8 Å². The van der Waals surface area contributed by atoms with E-state index in [0.717, 1.165) is 18.1 Å². The minimum Gasteiger partial charge on any atom is -0.298 e. The minimum absolute atomic E-state index is 0.329. The summed E-state index contributed by atoms with van der Waals surface area (Å²) >= 11 is 5.82. The molecule has 114 valence electrons. The molecule has 0 amide bonds. The van der Waals surface area contributed by atoms with E-state index in [0.29, 0.717) is 21.9 Å². The number of carbonyl (C=O) groups excluding carboxylic acids is 1. The van der Waals surface area contributed by atoms with Gasteiger partial charge in [0.15, 0.2) is 6.29 Å². The zero-order chi connectivity index (χ0) is 16.2. The van der Waals surface area contributed by atoms with Crippen LogP contribution in [0.2, 0.25) is 5.02 Å². The molecule has 0 aromatic heterocycles. The van der Waals surface area contributed by atoms with Crippen LogP contribution >= 0.6 is 11.6 Å². The highest BCUT2D eigenvalue weighted by molar-refractivity contribution is 7.85. The molecule has 0 atom stereocenters. The Hall–Kier alpha value is -2.18. The Labute approximate surface area is 133 Å². The third-order valence-corrected chi connectivity index (χ3v) is 3.33. The summed E-state index contributed by atoms with van der Waals surface area (Å²) in [7, 11) is -3.64. The molecule has 1 aliphatic carbocycles. The van der Waals surface area contributed by atoms with Gasteiger partial charge in [-0.15, -0.1) is 0 Å². The molecule has 0 saturated carbocycles. The molecule has 7 heteroatoms. The Morgan fingerprint density at radius 2 is 1.73 bits per heavy atom. The van der Waals surface area contributed by atoms with Gasteiger partial charge in [-0.05, 0) is 35.4 Å². The molecule has 2 rings (SSSR count). The third-order valence-electron chi connectivity index (χ3n) is 2.73. The Bertz CT molecular complexity index is 784. The van der Waals surface area contributed by atoms with Crippen molar-refractivity contribution in [2.24, 2.45) is 5.16 Å². The summed E-state index contributed by atoms with van der Waals surface area (Å²) in [5, 5.41) is 4.07. The fourth-order valence-corrected chi connectivity index (χ4v) is 2.09. The van der Waals surface area contributed by atoms with Crippen LogP contribution < -0.4 is 0 Å². The highest BCUT2D eigenvalue weighted by Crippen LogP contribution is 2.22. The smallest absolute Gasteiger partial charge is 0.298 e. The van der Waals surface area contributed by atoms with Gasteiger partial charge in [-0.1, -0.05) is 41.0 Å². The van der Waals surface area contributed by atoms with E-state index in [9.17, 15) is 13.2 Å². The van der Waals surface area contributed by atoms with Crippen molar-refractivity contribution in [1.29, 1.82) is 0 Å². The largest absolute Gasteiger partial charge is 0.325 e. The zero-order valence-electron chi connectivity index (χ0n) is 11.6. The maximum absolute atomic E-state index is 11.3. The second kappa shape index (κ2) is 6.72. The molecule has 0 heterocycles. The minimum atomic E-state index is -3.64. The van der Waals surface area contributed by atoms with Crippen molar-refractivity contribution >= 4 is 39.3 Å². The summed E-state index contributed by atoms with van der Waals surface area (Å²) in [6.07, 6.45) is 8.08. The molecule has 0 aliphatic heterocycles. The van der Waals surface area contributed by atoms with E-state index in [-0.39, 0.29) is 0 Å². The lowest BCUT2D eigenvalue weighted by Crippen LogP contribution is -2.02. The first-order valence-electron chi connectivity index (χ1n) is 6.17. The average Bonchev–Trinajstić information content (AvgIpc) is 2.48. The molecule has 0 unspecified atom stereocenters. The number of aldehydes is 1. The summed E-state index contributed by atoms with van der Waals surface area (Å²) in [5.41, 5.74) is 2.23. The maximum atomic E-state index is 11.3. The van der Waals surface area contributed by atoms with Gasteiger partial charge in [-0.3, -0.25) is 9.08 Å². The van der Waals surface area contributed by atoms with Crippen LogP contribution in [0.15, 0.2) is 59.3 Å². The van der Waals surface area contributed by atoms with Gasteiger partial charge in [-0.25, -0.2) is 0 Å². The third kappa shape index (κ3) is 4.41. The van der Waals surface area contributed by atoms with Gasteiger partial charge in [0.2, 0.25) is 0 Å². The molecule has 0 bridgehead atoms. The molecule has 22 heavy (non-hydrogen) atoms. The normalized spacial score (nSPS) is 13.9. The number of hydrogen-bond donors (Lipinski definition) is 0. The number of halogens is 1. The number of allylic oxidation sites excluding steroid dienone is 6. The van der Waals surface area contributed by atoms with Crippen molar-refractivity contribution < 1.29 is 17.5 Å². The molecule has 5 nitrogen and oxygen atoms in total. The summed E-state index contributed by atoms with van der Waals surface area (Å²) in [4.78, 5) is 11.3. The molecular formula is C15H12ClNO4S. The molecule has 0 fully saturated rings. The predicted molar refractivity (Wildman–Crippen MR) is 86.1 cm³/mol. The van der Waals surface area contributed by atoms with Crippen LogP contribution in [-0.4, -0.2) is 26.7 Å². The monoisotopic (exact) mass is 337 g/mol. The second-order valence-corrected chi connectivity index (χ2v) is 6.45. The Kier molecular flexibility index (Phi) is 4.95. The number of rotatable bonds is 4. The second-order valence-electron chi connectivity index (χ2n) is 4.46. The van der Waals surface area contributed by atoms with Gasteiger partial charge >= 0.3 is 10.1 Å². The van der Waals surface area contributed by atoms with E-state index in [1.54, 1.807) is 48.6 Å². The van der Waals surface area contributed by atoms with Crippen molar-refractivity contribution in [2.45, 2.75) is 0 Å². The fraction of sp³-hybridized carbons (Fsp3) is 0.0667. The van der Waals surface area contributed by atoms with Gasteiger partial charge in [0, 0.05) is 10.6 Å². The summed E-state index contributed by atoms with van der Waals surface area (Å²) in [6, 6.07) is 6.89. The first-order valence-corrected chi connectivity index (χ1v) is 8.36. The first-order chi connectivity index (χ1) is 10.4.